The van der Waals surface area contributed by atoms with Gasteiger partial charge in [-0.25, -0.2) is 4.98 Å². The van der Waals surface area contributed by atoms with Crippen LogP contribution in [0.1, 0.15) is 44.0 Å². The molecule has 1 N–H and O–H groups in total. The van der Waals surface area contributed by atoms with Crippen LogP contribution in [0.15, 0.2) is 18.2 Å². The van der Waals surface area contributed by atoms with Crippen molar-refractivity contribution in [2.45, 2.75) is 44.8 Å². The molecule has 1 aromatic carbocycles. The fourth-order valence-electron chi connectivity index (χ4n) is 3.11. The van der Waals surface area contributed by atoms with E-state index in [4.69, 9.17) is 0 Å². The molecule has 0 unspecified atom stereocenters. The Morgan fingerprint density at radius 2 is 2.10 bits per heavy atom. The van der Waals surface area contributed by atoms with E-state index in [1.165, 1.54) is 31.4 Å². The van der Waals surface area contributed by atoms with Crippen molar-refractivity contribution in [2.24, 2.45) is 0 Å². The number of nitro groups is 1. The smallest absolute Gasteiger partial charge is 0.271 e. The summed E-state index contributed by atoms with van der Waals surface area (Å²) in [6.45, 7) is -0.140. The number of aliphatic hydroxyl groups excluding tert-OH is 1. The van der Waals surface area contributed by atoms with Crippen LogP contribution in [-0.2, 0) is 6.61 Å². The molecule has 0 atom stereocenters. The van der Waals surface area contributed by atoms with Gasteiger partial charge in [0.1, 0.15) is 12.4 Å². The quantitative estimate of drug-likeness (QED) is 0.689. The van der Waals surface area contributed by atoms with Crippen molar-refractivity contribution in [2.75, 3.05) is 0 Å². The van der Waals surface area contributed by atoms with Gasteiger partial charge in [0.05, 0.1) is 16.0 Å². The molecule has 0 radical (unpaired) electrons. The van der Waals surface area contributed by atoms with Crippen LogP contribution >= 0.6 is 0 Å². The first-order valence-electron chi connectivity index (χ1n) is 6.97. The summed E-state index contributed by atoms with van der Waals surface area (Å²) in [6.07, 6.45) is 5.78. The third-order valence-electron chi connectivity index (χ3n) is 4.04. The molecule has 1 heterocycles. The van der Waals surface area contributed by atoms with Crippen LogP contribution in [0.3, 0.4) is 0 Å². The molecular formula is C14H17N3O3. The van der Waals surface area contributed by atoms with E-state index in [-0.39, 0.29) is 12.3 Å². The summed E-state index contributed by atoms with van der Waals surface area (Å²) in [6, 6.07) is 5.07. The van der Waals surface area contributed by atoms with E-state index in [2.05, 4.69) is 9.55 Å². The van der Waals surface area contributed by atoms with Crippen molar-refractivity contribution in [1.82, 2.24) is 9.55 Å². The molecule has 0 aliphatic heterocycles. The minimum Gasteiger partial charge on any atom is -0.388 e. The SMILES string of the molecule is O=[N+]([O-])c1ccc2c(c1)nc(CO)n2C1CCCCC1. The molecule has 0 saturated heterocycles. The molecule has 1 aliphatic rings. The minimum atomic E-state index is -0.419. The van der Waals surface area contributed by atoms with Crippen molar-refractivity contribution in [3.05, 3.63) is 34.1 Å². The maximum absolute atomic E-state index is 10.8. The van der Waals surface area contributed by atoms with E-state index in [9.17, 15) is 15.2 Å². The zero-order valence-corrected chi connectivity index (χ0v) is 11.2. The summed E-state index contributed by atoms with van der Waals surface area (Å²) in [5, 5.41) is 20.3. The number of non-ortho nitro benzene ring substituents is 1. The van der Waals surface area contributed by atoms with Gasteiger partial charge in [-0.15, -0.1) is 0 Å². The van der Waals surface area contributed by atoms with Crippen LogP contribution < -0.4 is 0 Å². The first-order valence-corrected chi connectivity index (χ1v) is 6.97. The number of nitrogens with zero attached hydrogens (tertiary/aromatic N) is 3. The molecular weight excluding hydrogens is 258 g/mol. The van der Waals surface area contributed by atoms with Gasteiger partial charge in [-0.05, 0) is 18.9 Å². The summed E-state index contributed by atoms with van der Waals surface area (Å²) < 4.78 is 2.07. The van der Waals surface area contributed by atoms with E-state index in [0.29, 0.717) is 17.4 Å². The van der Waals surface area contributed by atoms with Gasteiger partial charge >= 0.3 is 0 Å². The lowest BCUT2D eigenvalue weighted by atomic mass is 9.95. The Hall–Kier alpha value is -1.95. The molecule has 2 aromatic rings. The maximum atomic E-state index is 10.8. The highest BCUT2D eigenvalue weighted by Gasteiger charge is 2.22. The monoisotopic (exact) mass is 275 g/mol. The Bertz CT molecular complexity index is 644. The minimum absolute atomic E-state index is 0.0373. The molecule has 20 heavy (non-hydrogen) atoms. The van der Waals surface area contributed by atoms with Gasteiger partial charge in [0.15, 0.2) is 0 Å². The topological polar surface area (TPSA) is 81.2 Å². The Labute approximate surface area is 116 Å². The Morgan fingerprint density at radius 3 is 2.75 bits per heavy atom. The van der Waals surface area contributed by atoms with Crippen LogP contribution in [-0.4, -0.2) is 19.6 Å². The van der Waals surface area contributed by atoms with Gasteiger partial charge in [0.25, 0.3) is 5.69 Å². The fraction of sp³-hybridized carbons (Fsp3) is 0.500. The molecule has 6 heteroatoms. The molecule has 1 saturated carbocycles. The standard InChI is InChI=1S/C14H17N3O3/c18-9-14-15-12-8-11(17(19)20)6-7-13(12)16(14)10-4-2-1-3-5-10/h6-8,10,18H,1-5,9H2. The van der Waals surface area contributed by atoms with Gasteiger partial charge in [-0.1, -0.05) is 19.3 Å². The first kappa shape index (κ1) is 13.1. The summed E-state index contributed by atoms with van der Waals surface area (Å²) in [5.74, 6) is 0.604. The first-order chi connectivity index (χ1) is 9.70. The van der Waals surface area contributed by atoms with E-state index in [0.717, 1.165) is 18.4 Å². The van der Waals surface area contributed by atoms with Gasteiger partial charge in [0, 0.05) is 18.2 Å². The maximum Gasteiger partial charge on any atom is 0.271 e. The van der Waals surface area contributed by atoms with Crippen LogP contribution in [0.2, 0.25) is 0 Å². The second-order valence-electron chi connectivity index (χ2n) is 5.28. The van der Waals surface area contributed by atoms with E-state index >= 15 is 0 Å². The predicted octanol–water partition coefficient (Wildman–Crippen LogP) is 2.94. The van der Waals surface area contributed by atoms with E-state index < -0.39 is 4.92 Å². The number of fused-ring (bicyclic) bond motifs is 1. The van der Waals surface area contributed by atoms with Crippen LogP contribution in [0.4, 0.5) is 5.69 Å². The number of hydrogen-bond acceptors (Lipinski definition) is 4. The normalized spacial score (nSPS) is 16.6. The Balaban J connectivity index is 2.11. The van der Waals surface area contributed by atoms with Crippen molar-refractivity contribution in [3.8, 4) is 0 Å². The van der Waals surface area contributed by atoms with Crippen LogP contribution in [0.5, 0.6) is 0 Å². The highest BCUT2D eigenvalue weighted by atomic mass is 16.6. The van der Waals surface area contributed by atoms with E-state index in [1.807, 2.05) is 0 Å². The largest absolute Gasteiger partial charge is 0.388 e. The predicted molar refractivity (Wildman–Crippen MR) is 74.4 cm³/mol. The highest BCUT2D eigenvalue weighted by molar-refractivity contribution is 5.79. The zero-order chi connectivity index (χ0) is 14.1. The molecule has 1 aliphatic carbocycles. The lowest BCUT2D eigenvalue weighted by Gasteiger charge is -2.25. The second kappa shape index (κ2) is 5.20. The molecule has 0 amide bonds. The zero-order valence-electron chi connectivity index (χ0n) is 11.2. The summed E-state index contributed by atoms with van der Waals surface area (Å²) in [7, 11) is 0. The summed E-state index contributed by atoms with van der Waals surface area (Å²) in [5.41, 5.74) is 1.51. The van der Waals surface area contributed by atoms with Gasteiger partial charge in [-0.3, -0.25) is 10.1 Å². The number of aliphatic hydroxyl groups is 1. The van der Waals surface area contributed by atoms with Crippen molar-refractivity contribution in [3.63, 3.8) is 0 Å². The van der Waals surface area contributed by atoms with Crippen LogP contribution in [0.25, 0.3) is 11.0 Å². The lowest BCUT2D eigenvalue weighted by molar-refractivity contribution is -0.384. The molecule has 1 aromatic heterocycles. The summed E-state index contributed by atoms with van der Waals surface area (Å²) >= 11 is 0. The number of rotatable bonds is 3. The Kier molecular flexibility index (Phi) is 3.40. The second-order valence-corrected chi connectivity index (χ2v) is 5.28. The van der Waals surface area contributed by atoms with Crippen molar-refractivity contribution in [1.29, 1.82) is 0 Å². The van der Waals surface area contributed by atoms with Gasteiger partial charge in [-0.2, -0.15) is 0 Å². The van der Waals surface area contributed by atoms with Gasteiger partial charge < -0.3 is 9.67 Å². The number of imidazole rings is 1. The van der Waals surface area contributed by atoms with Crippen molar-refractivity contribution >= 4 is 16.7 Å². The molecule has 106 valence electrons. The summed E-state index contributed by atoms with van der Waals surface area (Å²) in [4.78, 5) is 14.8. The highest BCUT2D eigenvalue weighted by Crippen LogP contribution is 2.33. The lowest BCUT2D eigenvalue weighted by Crippen LogP contribution is -2.15. The number of nitro benzene ring substituents is 1. The van der Waals surface area contributed by atoms with Crippen molar-refractivity contribution < 1.29 is 10.0 Å². The third-order valence-corrected chi connectivity index (χ3v) is 4.04. The van der Waals surface area contributed by atoms with Crippen LogP contribution in [0, 0.1) is 10.1 Å². The average molecular weight is 275 g/mol. The molecule has 3 rings (SSSR count). The number of hydrogen-bond donors (Lipinski definition) is 1. The molecule has 0 bridgehead atoms. The fourth-order valence-corrected chi connectivity index (χ4v) is 3.11. The number of aromatic nitrogens is 2. The molecule has 1 fully saturated rings. The third kappa shape index (κ3) is 2.16. The Morgan fingerprint density at radius 1 is 1.35 bits per heavy atom. The molecule has 6 nitrogen and oxygen atoms in total. The van der Waals surface area contributed by atoms with E-state index in [1.54, 1.807) is 6.07 Å². The van der Waals surface area contributed by atoms with Gasteiger partial charge in [0.2, 0.25) is 0 Å². The molecule has 0 spiro atoms. The average Bonchev–Trinajstić information content (AvgIpc) is 2.85. The number of benzene rings is 1.